The maximum absolute atomic E-state index is 14.0. The van der Waals surface area contributed by atoms with Crippen molar-refractivity contribution in [1.82, 2.24) is 24.1 Å². The van der Waals surface area contributed by atoms with Gasteiger partial charge >= 0.3 is 0 Å². The summed E-state index contributed by atoms with van der Waals surface area (Å²) in [6.45, 7) is 2.01. The number of ether oxygens (including phenoxy) is 1. The lowest BCUT2D eigenvalue weighted by Crippen LogP contribution is -2.25. The largest absolute Gasteiger partial charge is 0.495 e. The molecule has 4 aromatic heterocycles. The first-order chi connectivity index (χ1) is 21.0. The number of pyridine rings is 1. The molecule has 0 aliphatic heterocycles. The Morgan fingerprint density at radius 3 is 2.55 bits per heavy atom. The van der Waals surface area contributed by atoms with Crippen LogP contribution >= 0.6 is 22.9 Å². The SMILES string of the molecule is CC[C@@H](c1cc2scc(Cl)n2c(=O)c1-c1ccccc1)n1nc(-c2ccc(OC)c(N(C)S(C)(=O)=O)c2)c2c(N)ncnc21. The maximum Gasteiger partial charge on any atom is 0.265 e. The van der Waals surface area contributed by atoms with E-state index in [9.17, 15) is 13.2 Å². The number of rotatable bonds is 8. The van der Waals surface area contributed by atoms with Crippen molar-refractivity contribution in [3.05, 3.63) is 87.4 Å². The fourth-order valence-electron chi connectivity index (χ4n) is 5.41. The van der Waals surface area contributed by atoms with E-state index in [1.165, 1.54) is 36.2 Å². The zero-order valence-corrected chi connectivity index (χ0v) is 26.6. The number of hydrogen-bond donors (Lipinski definition) is 1. The Morgan fingerprint density at radius 2 is 1.86 bits per heavy atom. The van der Waals surface area contributed by atoms with Gasteiger partial charge in [-0.3, -0.25) is 13.5 Å². The Labute approximate surface area is 262 Å². The van der Waals surface area contributed by atoms with Gasteiger partial charge in [0.1, 0.15) is 33.6 Å². The van der Waals surface area contributed by atoms with E-state index in [1.54, 1.807) is 28.3 Å². The fraction of sp³-hybridized carbons (Fsp3) is 0.200. The number of anilines is 2. The Hall–Kier alpha value is -4.46. The summed E-state index contributed by atoms with van der Waals surface area (Å²) in [6, 6.07) is 16.1. The molecule has 0 saturated carbocycles. The zero-order chi connectivity index (χ0) is 31.3. The van der Waals surface area contributed by atoms with Gasteiger partial charge in [0.25, 0.3) is 5.56 Å². The van der Waals surface area contributed by atoms with Gasteiger partial charge in [-0.25, -0.2) is 23.1 Å². The van der Waals surface area contributed by atoms with Crippen molar-refractivity contribution >= 4 is 60.3 Å². The Bertz CT molecular complexity index is 2210. The topological polar surface area (TPSA) is 138 Å². The monoisotopic (exact) mass is 649 g/mol. The lowest BCUT2D eigenvalue weighted by molar-refractivity contribution is 0.416. The second kappa shape index (κ2) is 11.2. The van der Waals surface area contributed by atoms with Gasteiger partial charge in [-0.05, 0) is 41.8 Å². The summed E-state index contributed by atoms with van der Waals surface area (Å²) < 4.78 is 34.8. The van der Waals surface area contributed by atoms with Crippen molar-refractivity contribution < 1.29 is 13.2 Å². The average molecular weight is 650 g/mol. The van der Waals surface area contributed by atoms with Crippen LogP contribution < -0.4 is 20.3 Å². The minimum Gasteiger partial charge on any atom is -0.495 e. The normalized spacial score (nSPS) is 12.6. The van der Waals surface area contributed by atoms with Crippen LogP contribution in [0.15, 0.2) is 71.1 Å². The Balaban J connectivity index is 1.63. The van der Waals surface area contributed by atoms with E-state index in [1.807, 2.05) is 43.3 Å². The van der Waals surface area contributed by atoms with Crippen LogP contribution in [-0.2, 0) is 10.0 Å². The van der Waals surface area contributed by atoms with Crippen LogP contribution in [-0.4, -0.2) is 53.0 Å². The number of fused-ring (bicyclic) bond motifs is 2. The van der Waals surface area contributed by atoms with Crippen LogP contribution in [0.2, 0.25) is 5.15 Å². The molecular weight excluding hydrogens is 622 g/mol. The third-order valence-electron chi connectivity index (χ3n) is 7.61. The predicted molar refractivity (Wildman–Crippen MR) is 175 cm³/mol. The van der Waals surface area contributed by atoms with Gasteiger partial charge in [-0.15, -0.1) is 11.3 Å². The molecule has 0 aliphatic rings. The summed E-state index contributed by atoms with van der Waals surface area (Å²) in [5.74, 6) is 0.584. The van der Waals surface area contributed by atoms with Crippen molar-refractivity contribution in [2.24, 2.45) is 0 Å². The molecule has 226 valence electrons. The number of aromatic nitrogens is 5. The Morgan fingerprint density at radius 1 is 1.11 bits per heavy atom. The summed E-state index contributed by atoms with van der Waals surface area (Å²) in [6.07, 6.45) is 3.04. The molecule has 0 radical (unpaired) electrons. The van der Waals surface area contributed by atoms with Gasteiger partial charge in [-0.2, -0.15) is 5.10 Å². The van der Waals surface area contributed by atoms with Gasteiger partial charge < -0.3 is 10.5 Å². The number of thiazole rings is 1. The quantitative estimate of drug-likeness (QED) is 0.229. The molecule has 0 bridgehead atoms. The van der Waals surface area contributed by atoms with E-state index in [2.05, 4.69) is 9.97 Å². The third-order valence-corrected chi connectivity index (χ3v) is 10.1. The molecule has 2 aromatic carbocycles. The molecule has 44 heavy (non-hydrogen) atoms. The van der Waals surface area contributed by atoms with Gasteiger partial charge in [0, 0.05) is 18.0 Å². The number of benzene rings is 2. The first-order valence-corrected chi connectivity index (χ1v) is 16.6. The summed E-state index contributed by atoms with van der Waals surface area (Å²) in [5, 5.41) is 7.61. The molecule has 4 heterocycles. The van der Waals surface area contributed by atoms with Crippen LogP contribution in [0.3, 0.4) is 0 Å². The van der Waals surface area contributed by atoms with Crippen LogP contribution in [0.5, 0.6) is 5.75 Å². The number of nitrogens with two attached hydrogens (primary N) is 1. The molecule has 1 atom stereocenters. The zero-order valence-electron chi connectivity index (χ0n) is 24.2. The number of halogens is 1. The van der Waals surface area contributed by atoms with Crippen LogP contribution in [0.4, 0.5) is 11.5 Å². The van der Waals surface area contributed by atoms with E-state index in [0.29, 0.717) is 55.7 Å². The molecule has 2 N–H and O–H groups in total. The molecule has 0 amide bonds. The van der Waals surface area contributed by atoms with Crippen molar-refractivity contribution in [3.63, 3.8) is 0 Å². The number of nitrogens with zero attached hydrogens (tertiary/aromatic N) is 6. The average Bonchev–Trinajstić information content (AvgIpc) is 3.58. The molecule has 0 saturated heterocycles. The number of sulfonamides is 1. The third kappa shape index (κ3) is 4.86. The van der Waals surface area contributed by atoms with E-state index in [-0.39, 0.29) is 11.4 Å². The number of nitrogen functional groups attached to an aromatic ring is 1. The summed E-state index contributed by atoms with van der Waals surface area (Å²) in [7, 11) is -0.673. The smallest absolute Gasteiger partial charge is 0.265 e. The highest BCUT2D eigenvalue weighted by Crippen LogP contribution is 2.40. The molecule has 6 aromatic rings. The van der Waals surface area contributed by atoms with Crippen molar-refractivity contribution in [2.45, 2.75) is 19.4 Å². The highest BCUT2D eigenvalue weighted by molar-refractivity contribution is 7.92. The molecule has 0 spiro atoms. The minimum atomic E-state index is -3.60. The molecule has 0 aliphatic carbocycles. The lowest BCUT2D eigenvalue weighted by atomic mass is 9.95. The first kappa shape index (κ1) is 29.6. The second-order valence-electron chi connectivity index (χ2n) is 10.2. The summed E-state index contributed by atoms with van der Waals surface area (Å²) in [5.41, 5.74) is 10.0. The molecule has 14 heteroatoms. The lowest BCUT2D eigenvalue weighted by Gasteiger charge is -2.21. The highest BCUT2D eigenvalue weighted by Gasteiger charge is 2.28. The van der Waals surface area contributed by atoms with Gasteiger partial charge in [0.05, 0.1) is 36.0 Å². The molecule has 0 fully saturated rings. The summed E-state index contributed by atoms with van der Waals surface area (Å²) in [4.78, 5) is 23.5. The maximum atomic E-state index is 14.0. The van der Waals surface area contributed by atoms with Crippen molar-refractivity contribution in [1.29, 1.82) is 0 Å². The van der Waals surface area contributed by atoms with Gasteiger partial charge in [0.2, 0.25) is 10.0 Å². The summed E-state index contributed by atoms with van der Waals surface area (Å²) >= 11 is 7.82. The predicted octanol–water partition coefficient (Wildman–Crippen LogP) is 5.47. The van der Waals surface area contributed by atoms with Crippen molar-refractivity contribution in [2.75, 3.05) is 30.5 Å². The standard InChI is InChI=1S/C30H28ClN7O4S2/c1-5-20(19-14-24-37(23(31)15-43-24)30(39)25(19)17-9-7-6-8-10-17)38-29-26(28(32)33-16-34-29)27(35-38)18-11-12-22(42-3)21(13-18)36(2)44(4,40)41/h6-16,20H,5H2,1-4H3,(H2,32,33,34)/t20-/m0/s1. The number of hydrogen-bond acceptors (Lipinski definition) is 9. The molecule has 11 nitrogen and oxygen atoms in total. The van der Waals surface area contributed by atoms with E-state index < -0.39 is 16.1 Å². The fourth-order valence-corrected chi connectivity index (χ4v) is 7.07. The number of methoxy groups -OCH3 is 1. The molecular formula is C30H28ClN7O4S2. The minimum absolute atomic E-state index is 0.212. The van der Waals surface area contributed by atoms with E-state index in [0.717, 1.165) is 21.7 Å². The molecule has 0 unspecified atom stereocenters. The Kier molecular flexibility index (Phi) is 7.56. The first-order valence-electron chi connectivity index (χ1n) is 13.5. The molecule has 6 rings (SSSR count). The van der Waals surface area contributed by atoms with Crippen LogP contribution in [0.25, 0.3) is 38.2 Å². The van der Waals surface area contributed by atoms with Gasteiger partial charge in [0.15, 0.2) is 5.65 Å². The second-order valence-corrected chi connectivity index (χ2v) is 13.5. The van der Waals surface area contributed by atoms with E-state index >= 15 is 0 Å². The highest BCUT2D eigenvalue weighted by atomic mass is 35.5. The van der Waals surface area contributed by atoms with E-state index in [4.69, 9.17) is 27.2 Å². The van der Waals surface area contributed by atoms with Crippen molar-refractivity contribution in [3.8, 4) is 28.1 Å². The van der Waals surface area contributed by atoms with Gasteiger partial charge in [-0.1, -0.05) is 48.9 Å². The van der Waals surface area contributed by atoms with Crippen LogP contribution in [0, 0.1) is 0 Å². The van der Waals surface area contributed by atoms with Crippen LogP contribution in [0.1, 0.15) is 24.9 Å².